The van der Waals surface area contributed by atoms with Crippen LogP contribution in [0.3, 0.4) is 0 Å². The molecule has 0 aliphatic heterocycles. The minimum atomic E-state index is -0.495. The van der Waals surface area contributed by atoms with Crippen molar-refractivity contribution < 1.29 is 4.92 Å². The van der Waals surface area contributed by atoms with E-state index in [1.54, 1.807) is 10.9 Å². The maximum absolute atomic E-state index is 10.5. The van der Waals surface area contributed by atoms with Gasteiger partial charge in [-0.15, -0.1) is 0 Å². The van der Waals surface area contributed by atoms with E-state index in [9.17, 15) is 10.1 Å². The highest BCUT2D eigenvalue weighted by Gasteiger charge is 2.17. The number of nitrogens with one attached hydrogen (secondary N) is 1. The molecule has 0 saturated heterocycles. The Balaban J connectivity index is 2.48. The highest BCUT2D eigenvalue weighted by Crippen LogP contribution is 2.21. The Hall–Kier alpha value is -0.950. The molecule has 1 heterocycles. The summed E-state index contributed by atoms with van der Waals surface area (Å²) in [5.41, 5.74) is 0. The number of nitrogens with zero attached hydrogens (tertiary/aromatic N) is 3. The molecule has 0 atom stereocenters. The summed E-state index contributed by atoms with van der Waals surface area (Å²) in [5, 5.41) is 17.5. The Morgan fingerprint density at radius 2 is 2.47 bits per heavy atom. The fraction of sp³-hybridized carbons (Fsp3) is 0.625. The van der Waals surface area contributed by atoms with Crippen LogP contribution in [0.1, 0.15) is 13.3 Å². The Labute approximate surface area is 95.9 Å². The SMILES string of the molecule is CCNCCCn1cc(Br)c([N+](=O)[O-])n1. The summed E-state index contributed by atoms with van der Waals surface area (Å²) < 4.78 is 2.01. The molecular weight excluding hydrogens is 264 g/mol. The van der Waals surface area contributed by atoms with Crippen molar-refractivity contribution in [3.8, 4) is 0 Å². The summed E-state index contributed by atoms with van der Waals surface area (Å²) in [4.78, 5) is 10.0. The molecule has 0 saturated carbocycles. The van der Waals surface area contributed by atoms with Gasteiger partial charge in [0.2, 0.25) is 0 Å². The van der Waals surface area contributed by atoms with Gasteiger partial charge in [0.25, 0.3) is 0 Å². The molecule has 0 bridgehead atoms. The zero-order valence-electron chi connectivity index (χ0n) is 8.44. The number of nitro groups is 1. The van der Waals surface area contributed by atoms with E-state index in [-0.39, 0.29) is 5.82 Å². The smallest absolute Gasteiger partial charge is 0.358 e. The second kappa shape index (κ2) is 5.82. The molecule has 0 spiro atoms. The summed E-state index contributed by atoms with van der Waals surface area (Å²) in [7, 11) is 0. The zero-order chi connectivity index (χ0) is 11.3. The van der Waals surface area contributed by atoms with Gasteiger partial charge in [0.15, 0.2) is 0 Å². The van der Waals surface area contributed by atoms with Gasteiger partial charge in [-0.05, 0) is 40.4 Å². The van der Waals surface area contributed by atoms with Crippen molar-refractivity contribution in [2.45, 2.75) is 19.9 Å². The second-order valence-electron chi connectivity index (χ2n) is 3.03. The van der Waals surface area contributed by atoms with Gasteiger partial charge in [0.05, 0.1) is 17.8 Å². The average Bonchev–Trinajstić information content (AvgIpc) is 2.55. The molecular formula is C8H13BrN4O2. The van der Waals surface area contributed by atoms with E-state index in [1.165, 1.54) is 0 Å². The van der Waals surface area contributed by atoms with E-state index >= 15 is 0 Å². The van der Waals surface area contributed by atoms with Gasteiger partial charge in [0, 0.05) is 0 Å². The Bertz CT molecular complexity index is 339. The van der Waals surface area contributed by atoms with E-state index < -0.39 is 4.92 Å². The number of hydrogen-bond donors (Lipinski definition) is 1. The van der Waals surface area contributed by atoms with Crippen molar-refractivity contribution in [2.75, 3.05) is 13.1 Å². The minimum Gasteiger partial charge on any atom is -0.358 e. The maximum Gasteiger partial charge on any atom is 0.404 e. The number of aryl methyl sites for hydroxylation is 1. The molecule has 7 heteroatoms. The summed E-state index contributed by atoms with van der Waals surface area (Å²) in [6, 6.07) is 0. The van der Waals surface area contributed by atoms with Gasteiger partial charge in [-0.1, -0.05) is 6.92 Å². The maximum atomic E-state index is 10.5. The van der Waals surface area contributed by atoms with Gasteiger partial charge in [0.1, 0.15) is 4.47 Å². The number of rotatable bonds is 6. The molecule has 0 unspecified atom stereocenters. The molecule has 0 aromatic carbocycles. The predicted octanol–water partition coefficient (Wildman–Crippen LogP) is 1.55. The lowest BCUT2D eigenvalue weighted by Crippen LogP contribution is -2.16. The van der Waals surface area contributed by atoms with Crippen molar-refractivity contribution in [3.05, 3.63) is 20.8 Å². The molecule has 0 radical (unpaired) electrons. The Morgan fingerprint density at radius 3 is 3.00 bits per heavy atom. The van der Waals surface area contributed by atoms with Gasteiger partial charge in [-0.2, -0.15) is 4.68 Å². The van der Waals surface area contributed by atoms with E-state index in [0.717, 1.165) is 19.5 Å². The van der Waals surface area contributed by atoms with Gasteiger partial charge < -0.3 is 15.4 Å². The lowest BCUT2D eigenvalue weighted by Gasteiger charge is -1.98. The van der Waals surface area contributed by atoms with Crippen LogP contribution in [0.2, 0.25) is 0 Å². The van der Waals surface area contributed by atoms with Crippen molar-refractivity contribution in [3.63, 3.8) is 0 Å². The fourth-order valence-corrected chi connectivity index (χ4v) is 1.63. The first-order chi connectivity index (χ1) is 7.15. The van der Waals surface area contributed by atoms with Crippen LogP contribution in [-0.2, 0) is 6.54 Å². The van der Waals surface area contributed by atoms with Gasteiger partial charge >= 0.3 is 5.82 Å². The van der Waals surface area contributed by atoms with Crippen LogP contribution in [0.5, 0.6) is 0 Å². The Morgan fingerprint density at radius 1 is 1.73 bits per heavy atom. The summed E-state index contributed by atoms with van der Waals surface area (Å²) >= 11 is 3.10. The standard InChI is InChI=1S/C8H13BrN4O2/c1-2-10-4-3-5-12-6-7(9)8(11-12)13(14)15/h6,10H,2-5H2,1H3. The monoisotopic (exact) mass is 276 g/mol. The summed E-state index contributed by atoms with van der Waals surface area (Å²) in [5.74, 6) is -0.126. The lowest BCUT2D eigenvalue weighted by atomic mass is 10.4. The number of halogens is 1. The third-order valence-electron chi connectivity index (χ3n) is 1.86. The van der Waals surface area contributed by atoms with Crippen molar-refractivity contribution in [2.24, 2.45) is 0 Å². The predicted molar refractivity (Wildman–Crippen MR) is 59.7 cm³/mol. The van der Waals surface area contributed by atoms with Crippen molar-refractivity contribution in [1.29, 1.82) is 0 Å². The van der Waals surface area contributed by atoms with E-state index in [0.29, 0.717) is 11.0 Å². The van der Waals surface area contributed by atoms with Crippen LogP contribution in [0, 0.1) is 10.1 Å². The first kappa shape index (κ1) is 12.1. The normalized spacial score (nSPS) is 10.5. The van der Waals surface area contributed by atoms with Gasteiger partial charge in [-0.3, -0.25) is 0 Å². The largest absolute Gasteiger partial charge is 0.404 e. The first-order valence-corrected chi connectivity index (χ1v) is 5.52. The molecule has 1 rings (SSSR count). The van der Waals surface area contributed by atoms with Crippen molar-refractivity contribution in [1.82, 2.24) is 15.1 Å². The fourth-order valence-electron chi connectivity index (χ4n) is 1.17. The highest BCUT2D eigenvalue weighted by atomic mass is 79.9. The molecule has 0 aliphatic carbocycles. The topological polar surface area (TPSA) is 73.0 Å². The molecule has 0 amide bonds. The number of hydrogen-bond acceptors (Lipinski definition) is 4. The van der Waals surface area contributed by atoms with Crippen molar-refractivity contribution >= 4 is 21.7 Å². The van der Waals surface area contributed by atoms with E-state index in [4.69, 9.17) is 0 Å². The quantitative estimate of drug-likeness (QED) is 0.486. The molecule has 1 N–H and O–H groups in total. The second-order valence-corrected chi connectivity index (χ2v) is 3.88. The first-order valence-electron chi connectivity index (χ1n) is 4.73. The van der Waals surface area contributed by atoms with Crippen LogP contribution in [0.15, 0.2) is 10.7 Å². The molecule has 0 fully saturated rings. The molecule has 1 aromatic rings. The van der Waals surface area contributed by atoms with E-state index in [2.05, 4.69) is 26.3 Å². The third-order valence-corrected chi connectivity index (χ3v) is 2.42. The molecule has 15 heavy (non-hydrogen) atoms. The molecule has 0 aliphatic rings. The molecule has 6 nitrogen and oxygen atoms in total. The lowest BCUT2D eigenvalue weighted by molar-refractivity contribution is -0.390. The summed E-state index contributed by atoms with van der Waals surface area (Å²) in [6.07, 6.45) is 2.53. The molecule has 84 valence electrons. The van der Waals surface area contributed by atoms with Crippen LogP contribution in [-0.4, -0.2) is 27.8 Å². The van der Waals surface area contributed by atoms with E-state index in [1.807, 2.05) is 6.92 Å². The van der Waals surface area contributed by atoms with Crippen LogP contribution in [0.25, 0.3) is 0 Å². The summed E-state index contributed by atoms with van der Waals surface area (Å²) in [6.45, 7) is 4.54. The van der Waals surface area contributed by atoms with Crippen LogP contribution < -0.4 is 5.32 Å². The van der Waals surface area contributed by atoms with Crippen LogP contribution >= 0.6 is 15.9 Å². The zero-order valence-corrected chi connectivity index (χ0v) is 10.0. The Kier molecular flexibility index (Phi) is 4.70. The molecule has 1 aromatic heterocycles. The third kappa shape index (κ3) is 3.60. The van der Waals surface area contributed by atoms with Gasteiger partial charge in [-0.25, -0.2) is 0 Å². The highest BCUT2D eigenvalue weighted by molar-refractivity contribution is 9.10. The average molecular weight is 277 g/mol. The number of aromatic nitrogens is 2. The minimum absolute atomic E-state index is 0.126. The van der Waals surface area contributed by atoms with Crippen LogP contribution in [0.4, 0.5) is 5.82 Å².